The van der Waals surface area contributed by atoms with Gasteiger partial charge >= 0.3 is 0 Å². The summed E-state index contributed by atoms with van der Waals surface area (Å²) in [6.07, 6.45) is 11.2. The van der Waals surface area contributed by atoms with Gasteiger partial charge in [0.15, 0.2) is 0 Å². The SMILES string of the molecule is CN[C@@H](C)C(=O)N[C@H](C(=O)N1C[C@@H](NC(=O)c2ccc(C(=O)N[C@H]3C[C@@H](CN(CCc4ccccc4)C(C)=O)N(C(=O)[C@@H](NC(=O)[C@H](C)NC)C4CCCCC4)C3)cc2)C[C@H]1CN(CCc1ccccc1)C(C)=O)C1CCCCC1. The minimum Gasteiger partial charge on any atom is -0.347 e. The first-order valence-corrected chi connectivity index (χ1v) is 29.4. The van der Waals surface area contributed by atoms with E-state index in [4.69, 9.17) is 0 Å². The summed E-state index contributed by atoms with van der Waals surface area (Å²) in [5.74, 6) is -2.09. The zero-order valence-corrected chi connectivity index (χ0v) is 48.1. The van der Waals surface area contributed by atoms with Crippen molar-refractivity contribution in [3.05, 3.63) is 107 Å². The number of likely N-dealkylation sites (tertiary alicyclic amines) is 2. The van der Waals surface area contributed by atoms with E-state index in [2.05, 4.69) is 31.9 Å². The number of carbonyl (C=O) groups excluding carboxylic acids is 8. The Morgan fingerprint density at radius 3 is 1.19 bits per heavy atom. The van der Waals surface area contributed by atoms with Gasteiger partial charge in [-0.1, -0.05) is 99.2 Å². The van der Waals surface area contributed by atoms with Crippen molar-refractivity contribution >= 4 is 47.3 Å². The lowest BCUT2D eigenvalue weighted by atomic mass is 9.83. The molecule has 3 aromatic rings. The number of nitrogens with one attached hydrogen (secondary N) is 6. The molecule has 0 unspecified atom stereocenters. The van der Waals surface area contributed by atoms with Gasteiger partial charge in [0.25, 0.3) is 11.8 Å². The molecule has 0 bridgehead atoms. The lowest BCUT2D eigenvalue weighted by Crippen LogP contribution is -2.57. The molecule has 2 aliphatic carbocycles. The van der Waals surface area contributed by atoms with E-state index in [1.807, 2.05) is 60.7 Å². The maximum Gasteiger partial charge on any atom is 0.251 e. The number of hydrogen-bond acceptors (Lipinski definition) is 10. The molecule has 8 amide bonds. The Morgan fingerprint density at radius 2 is 0.863 bits per heavy atom. The van der Waals surface area contributed by atoms with E-state index in [1.165, 1.54) is 13.8 Å². The molecular formula is C62H88N10O8. The monoisotopic (exact) mass is 1100 g/mol. The maximum atomic E-state index is 14.9. The molecule has 80 heavy (non-hydrogen) atoms. The second-order valence-electron chi connectivity index (χ2n) is 22.9. The third-order valence-electron chi connectivity index (χ3n) is 17.3. The summed E-state index contributed by atoms with van der Waals surface area (Å²) in [5, 5.41) is 18.5. The van der Waals surface area contributed by atoms with Gasteiger partial charge < -0.3 is 51.5 Å². The van der Waals surface area contributed by atoms with Crippen molar-refractivity contribution in [2.75, 3.05) is 53.4 Å². The minimum atomic E-state index is -0.762. The molecule has 18 heteroatoms. The van der Waals surface area contributed by atoms with E-state index >= 15 is 0 Å². The summed E-state index contributed by atoms with van der Waals surface area (Å²) in [5.41, 5.74) is 2.79. The van der Waals surface area contributed by atoms with E-state index in [0.717, 1.165) is 75.3 Å². The fourth-order valence-electron chi connectivity index (χ4n) is 12.2. The number of benzene rings is 3. The van der Waals surface area contributed by atoms with E-state index in [0.29, 0.717) is 49.9 Å². The normalized spacial score (nSPS) is 21.1. The Balaban J connectivity index is 1.06. The quantitative estimate of drug-likeness (QED) is 0.0732. The largest absolute Gasteiger partial charge is 0.347 e. The van der Waals surface area contributed by atoms with Crippen molar-refractivity contribution in [2.45, 2.75) is 166 Å². The maximum absolute atomic E-state index is 14.9. The first-order chi connectivity index (χ1) is 38.5. The Labute approximate surface area is 473 Å². The topological polar surface area (TPSA) is 222 Å². The summed E-state index contributed by atoms with van der Waals surface area (Å²) in [4.78, 5) is 118. The van der Waals surface area contributed by atoms with Crippen LogP contribution in [0.4, 0.5) is 0 Å². The zero-order chi connectivity index (χ0) is 57.3. The van der Waals surface area contributed by atoms with Gasteiger partial charge in [-0.15, -0.1) is 0 Å². The summed E-state index contributed by atoms with van der Waals surface area (Å²) in [6.45, 7) is 8.34. The molecule has 2 aliphatic heterocycles. The van der Waals surface area contributed by atoms with E-state index in [1.54, 1.807) is 71.8 Å². The number of rotatable bonds is 24. The molecule has 7 rings (SSSR count). The lowest BCUT2D eigenvalue weighted by molar-refractivity contribution is -0.141. The predicted octanol–water partition coefficient (Wildman–Crippen LogP) is 4.61. The molecule has 2 saturated heterocycles. The van der Waals surface area contributed by atoms with Gasteiger partial charge in [-0.2, -0.15) is 0 Å². The summed E-state index contributed by atoms with van der Waals surface area (Å²) < 4.78 is 0. The average molecular weight is 1100 g/mol. The highest BCUT2D eigenvalue weighted by Crippen LogP contribution is 2.32. The lowest BCUT2D eigenvalue weighted by Gasteiger charge is -2.36. The van der Waals surface area contributed by atoms with Crippen LogP contribution in [-0.4, -0.2) is 169 Å². The van der Waals surface area contributed by atoms with E-state index in [-0.39, 0.29) is 85.3 Å². The first kappa shape index (κ1) is 61.0. The molecule has 0 aromatic heterocycles. The summed E-state index contributed by atoms with van der Waals surface area (Å²) in [6, 6.07) is 21.8. The molecule has 2 saturated carbocycles. The number of amides is 8. The smallest absolute Gasteiger partial charge is 0.251 e. The third kappa shape index (κ3) is 16.7. The van der Waals surface area contributed by atoms with Crippen molar-refractivity contribution in [3.8, 4) is 0 Å². The van der Waals surface area contributed by atoms with Crippen LogP contribution in [-0.2, 0) is 41.6 Å². The first-order valence-electron chi connectivity index (χ1n) is 29.4. The van der Waals surface area contributed by atoms with Crippen LogP contribution in [0.1, 0.15) is 137 Å². The molecule has 4 fully saturated rings. The molecule has 434 valence electrons. The number of carbonyl (C=O) groups is 8. The number of nitrogens with zero attached hydrogens (tertiary/aromatic N) is 4. The second kappa shape index (κ2) is 29.7. The molecule has 4 aliphatic rings. The fraction of sp³-hybridized carbons (Fsp3) is 0.581. The van der Waals surface area contributed by atoms with Gasteiger partial charge in [0.1, 0.15) is 12.1 Å². The van der Waals surface area contributed by atoms with Gasteiger partial charge in [-0.25, -0.2) is 0 Å². The van der Waals surface area contributed by atoms with Crippen LogP contribution in [0.3, 0.4) is 0 Å². The molecule has 2 heterocycles. The molecule has 0 radical (unpaired) electrons. The highest BCUT2D eigenvalue weighted by Gasteiger charge is 2.45. The predicted molar refractivity (Wildman–Crippen MR) is 308 cm³/mol. The number of likely N-dealkylation sites (N-methyl/N-ethyl adjacent to an activating group) is 2. The Hall–Kier alpha value is -6.66. The molecule has 0 spiro atoms. The zero-order valence-electron chi connectivity index (χ0n) is 48.1. The van der Waals surface area contributed by atoms with E-state index < -0.39 is 48.3 Å². The van der Waals surface area contributed by atoms with Crippen LogP contribution in [0.25, 0.3) is 0 Å². The Kier molecular flexibility index (Phi) is 22.6. The summed E-state index contributed by atoms with van der Waals surface area (Å²) >= 11 is 0. The molecular weight excluding hydrogens is 1010 g/mol. The summed E-state index contributed by atoms with van der Waals surface area (Å²) in [7, 11) is 3.41. The van der Waals surface area contributed by atoms with Gasteiger partial charge in [-0.3, -0.25) is 38.4 Å². The van der Waals surface area contributed by atoms with Crippen LogP contribution in [0.2, 0.25) is 0 Å². The second-order valence-corrected chi connectivity index (χ2v) is 22.9. The molecule has 18 nitrogen and oxygen atoms in total. The standard InChI is InChI=1S/C62H88N10O8/c1-41(63-5)57(75)67-55(47-23-15-9-16-24-47)61(79)71-37-51(35-53(71)39-69(43(3)73)33-31-45-19-11-7-12-20-45)65-59(77)49-27-29-50(30-28-49)60(78)66-52-36-54(40-70(44(4)74)34-32-46-21-13-8-14-22-46)72(38-52)62(80)56(48-25-17-10-18-26-48)68-58(76)42(2)64-6/h7-8,11-14,19-22,27-30,41-42,47-48,51-56,63-64H,9-10,15-18,23-26,31-40H2,1-6H3,(H,65,77)(H,66,78)(H,67,75)(H,68,76)/t41-,42-,51-,52-,53-,54-,55-,56-/m0/s1. The van der Waals surface area contributed by atoms with Gasteiger partial charge in [-0.05, 0) is 127 Å². The average Bonchev–Trinajstić information content (AvgIpc) is 4.10. The molecule has 8 atom stereocenters. The van der Waals surface area contributed by atoms with Crippen LogP contribution < -0.4 is 31.9 Å². The Bertz CT molecular complexity index is 2380. The van der Waals surface area contributed by atoms with Crippen LogP contribution in [0.5, 0.6) is 0 Å². The molecule has 6 N–H and O–H groups in total. The fourth-order valence-corrected chi connectivity index (χ4v) is 12.2. The highest BCUT2D eigenvalue weighted by molar-refractivity contribution is 5.98. The van der Waals surface area contributed by atoms with Crippen molar-refractivity contribution < 1.29 is 38.4 Å². The van der Waals surface area contributed by atoms with Crippen LogP contribution in [0, 0.1) is 11.8 Å². The van der Waals surface area contributed by atoms with Crippen molar-refractivity contribution in [1.82, 2.24) is 51.5 Å². The van der Waals surface area contributed by atoms with Crippen LogP contribution >= 0.6 is 0 Å². The Morgan fingerprint density at radius 1 is 0.512 bits per heavy atom. The number of hydrogen-bond donors (Lipinski definition) is 6. The van der Waals surface area contributed by atoms with Crippen molar-refractivity contribution in [2.24, 2.45) is 11.8 Å². The van der Waals surface area contributed by atoms with Gasteiger partial charge in [0, 0.05) is 76.3 Å². The minimum absolute atomic E-state index is 0.0508. The molecule has 3 aromatic carbocycles. The third-order valence-corrected chi connectivity index (χ3v) is 17.3. The van der Waals surface area contributed by atoms with Crippen LogP contribution in [0.15, 0.2) is 84.9 Å². The van der Waals surface area contributed by atoms with Gasteiger partial charge in [0.2, 0.25) is 35.4 Å². The van der Waals surface area contributed by atoms with Crippen molar-refractivity contribution in [3.63, 3.8) is 0 Å². The van der Waals surface area contributed by atoms with E-state index in [9.17, 15) is 38.4 Å². The van der Waals surface area contributed by atoms with Crippen molar-refractivity contribution in [1.29, 1.82) is 0 Å². The highest BCUT2D eigenvalue weighted by atomic mass is 16.2. The van der Waals surface area contributed by atoms with Gasteiger partial charge in [0.05, 0.1) is 24.2 Å².